The Kier molecular flexibility index (Phi) is 4.96. The molecule has 0 radical (unpaired) electrons. The largest absolute Gasteiger partial charge is 0.342 e. The molecule has 1 aliphatic carbocycles. The van der Waals surface area contributed by atoms with Gasteiger partial charge in [0.1, 0.15) is 5.69 Å². The summed E-state index contributed by atoms with van der Waals surface area (Å²) in [5.74, 6) is 1.06. The van der Waals surface area contributed by atoms with Crippen molar-refractivity contribution in [1.82, 2.24) is 4.90 Å². The number of thioether (sulfide) groups is 1. The highest BCUT2D eigenvalue weighted by atomic mass is 35.5. The number of aliphatic imine (C=N–C) groups is 1. The average Bonchev–Trinajstić information content (AvgIpc) is 2.79. The molecule has 3 rings (SSSR count). The third-order valence-electron chi connectivity index (χ3n) is 4.50. The summed E-state index contributed by atoms with van der Waals surface area (Å²) in [6, 6.07) is 6.16. The van der Waals surface area contributed by atoms with Crippen LogP contribution in [0.3, 0.4) is 0 Å². The lowest BCUT2D eigenvalue weighted by molar-refractivity contribution is 0.156. The van der Waals surface area contributed by atoms with Crippen LogP contribution in [0.1, 0.15) is 46.0 Å². The van der Waals surface area contributed by atoms with Gasteiger partial charge in [-0.05, 0) is 38.8 Å². The lowest BCUT2D eigenvalue weighted by atomic mass is 9.91. The van der Waals surface area contributed by atoms with Crippen LogP contribution in [0.15, 0.2) is 23.2 Å². The third kappa shape index (κ3) is 3.27. The van der Waals surface area contributed by atoms with Gasteiger partial charge in [0.25, 0.3) is 0 Å². The Morgan fingerprint density at radius 1 is 1.14 bits per heavy atom. The number of hydrogen-bond acceptors (Lipinski definition) is 2. The molecule has 22 heavy (non-hydrogen) atoms. The monoisotopic (exact) mass is 356 g/mol. The second-order valence-corrected chi connectivity index (χ2v) is 8.48. The molecule has 0 atom stereocenters. The zero-order chi connectivity index (χ0) is 15.7. The maximum atomic E-state index is 6.29. The summed E-state index contributed by atoms with van der Waals surface area (Å²) >= 11 is 14.4. The zero-order valence-electron chi connectivity index (χ0n) is 13.1. The highest BCUT2D eigenvalue weighted by molar-refractivity contribution is 8.14. The van der Waals surface area contributed by atoms with Crippen LogP contribution in [-0.2, 0) is 0 Å². The van der Waals surface area contributed by atoms with E-state index < -0.39 is 0 Å². The van der Waals surface area contributed by atoms with E-state index in [-0.39, 0.29) is 5.54 Å². The van der Waals surface area contributed by atoms with Crippen LogP contribution < -0.4 is 0 Å². The number of halogens is 2. The van der Waals surface area contributed by atoms with Crippen LogP contribution in [0.2, 0.25) is 10.0 Å². The van der Waals surface area contributed by atoms with Crippen LogP contribution in [0.5, 0.6) is 0 Å². The molecule has 0 aromatic heterocycles. The van der Waals surface area contributed by atoms with E-state index in [1.807, 2.05) is 30.0 Å². The molecule has 2 fully saturated rings. The van der Waals surface area contributed by atoms with Crippen LogP contribution in [0, 0.1) is 0 Å². The van der Waals surface area contributed by atoms with E-state index in [0.29, 0.717) is 21.8 Å². The molecule has 1 aromatic rings. The summed E-state index contributed by atoms with van der Waals surface area (Å²) in [4.78, 5) is 7.38. The fraction of sp³-hybridized carbons (Fsp3) is 0.588. The van der Waals surface area contributed by atoms with Gasteiger partial charge < -0.3 is 4.90 Å². The Morgan fingerprint density at radius 2 is 1.77 bits per heavy atom. The molecule has 0 bridgehead atoms. The Bertz CT molecular complexity index is 560. The Morgan fingerprint density at radius 3 is 2.41 bits per heavy atom. The number of hydrogen-bond donors (Lipinski definition) is 0. The maximum Gasteiger partial charge on any atom is 0.165 e. The number of para-hydroxylation sites is 1. The van der Waals surface area contributed by atoms with Crippen LogP contribution in [-0.4, -0.2) is 27.4 Å². The van der Waals surface area contributed by atoms with Crippen molar-refractivity contribution < 1.29 is 0 Å². The number of rotatable bonds is 2. The molecular formula is C17H22Cl2N2S. The molecular weight excluding hydrogens is 335 g/mol. The highest BCUT2D eigenvalue weighted by Crippen LogP contribution is 2.41. The molecule has 0 amide bonds. The van der Waals surface area contributed by atoms with Crippen molar-refractivity contribution in [3.05, 3.63) is 28.2 Å². The minimum atomic E-state index is 0.138. The summed E-state index contributed by atoms with van der Waals surface area (Å²) in [7, 11) is 0. The molecule has 0 N–H and O–H groups in total. The van der Waals surface area contributed by atoms with Crippen LogP contribution in [0.25, 0.3) is 0 Å². The van der Waals surface area contributed by atoms with Gasteiger partial charge in [-0.25, -0.2) is 4.99 Å². The first-order valence-corrected chi connectivity index (χ1v) is 9.68. The van der Waals surface area contributed by atoms with E-state index in [4.69, 9.17) is 28.2 Å². The molecule has 2 nitrogen and oxygen atoms in total. The van der Waals surface area contributed by atoms with Crippen molar-refractivity contribution in [3.63, 3.8) is 0 Å². The molecule has 0 spiro atoms. The van der Waals surface area contributed by atoms with Crippen molar-refractivity contribution in [2.75, 3.05) is 5.75 Å². The van der Waals surface area contributed by atoms with Gasteiger partial charge in [-0.15, -0.1) is 0 Å². The quantitative estimate of drug-likeness (QED) is 0.632. The first-order chi connectivity index (χ1) is 10.5. The van der Waals surface area contributed by atoms with Crippen molar-refractivity contribution in [1.29, 1.82) is 0 Å². The van der Waals surface area contributed by atoms with Gasteiger partial charge in [0.15, 0.2) is 5.17 Å². The van der Waals surface area contributed by atoms with E-state index in [9.17, 15) is 0 Å². The van der Waals surface area contributed by atoms with Crippen molar-refractivity contribution in [2.24, 2.45) is 4.99 Å². The first kappa shape index (κ1) is 16.5. The molecule has 1 saturated carbocycles. The number of benzene rings is 1. The molecule has 1 saturated heterocycles. The molecule has 1 heterocycles. The van der Waals surface area contributed by atoms with Crippen LogP contribution >= 0.6 is 35.0 Å². The predicted octanol–water partition coefficient (Wildman–Crippen LogP) is 6.14. The van der Waals surface area contributed by atoms with Gasteiger partial charge >= 0.3 is 0 Å². The minimum absolute atomic E-state index is 0.138. The number of nitrogens with zero attached hydrogens (tertiary/aromatic N) is 2. The molecule has 1 aromatic carbocycles. The Labute approximate surface area is 147 Å². The van der Waals surface area contributed by atoms with E-state index >= 15 is 0 Å². The number of amidine groups is 1. The van der Waals surface area contributed by atoms with E-state index in [2.05, 4.69) is 18.7 Å². The van der Waals surface area contributed by atoms with Crippen molar-refractivity contribution in [3.8, 4) is 0 Å². The maximum absolute atomic E-state index is 6.29. The predicted molar refractivity (Wildman–Crippen MR) is 98.8 cm³/mol. The summed E-state index contributed by atoms with van der Waals surface area (Å²) in [5, 5.41) is 2.31. The fourth-order valence-corrected chi connectivity index (χ4v) is 5.20. The van der Waals surface area contributed by atoms with E-state index in [0.717, 1.165) is 10.9 Å². The molecule has 1 aliphatic heterocycles. The Hall–Kier alpha value is -0.380. The second kappa shape index (κ2) is 6.62. The fourth-order valence-electron chi connectivity index (χ4n) is 3.41. The van der Waals surface area contributed by atoms with Crippen LogP contribution in [0.4, 0.5) is 5.69 Å². The topological polar surface area (TPSA) is 15.6 Å². The SMILES string of the molecule is CC1(C)CS/C(=N\c2c(Cl)cccc2Cl)N1C1CCCCC1. The third-order valence-corrected chi connectivity index (χ3v) is 6.50. The Balaban J connectivity index is 1.96. The second-order valence-electron chi connectivity index (χ2n) is 6.73. The van der Waals surface area contributed by atoms with Crippen molar-refractivity contribution in [2.45, 2.75) is 57.5 Å². The van der Waals surface area contributed by atoms with Gasteiger partial charge in [0.2, 0.25) is 0 Å². The highest BCUT2D eigenvalue weighted by Gasteiger charge is 2.41. The van der Waals surface area contributed by atoms with E-state index in [1.165, 1.54) is 32.1 Å². The minimum Gasteiger partial charge on any atom is -0.342 e. The van der Waals surface area contributed by atoms with Gasteiger partial charge in [0.05, 0.1) is 10.0 Å². The van der Waals surface area contributed by atoms with Gasteiger partial charge in [0, 0.05) is 17.3 Å². The zero-order valence-corrected chi connectivity index (χ0v) is 15.4. The average molecular weight is 357 g/mol. The molecule has 0 unspecified atom stereocenters. The van der Waals surface area contributed by atoms with Gasteiger partial charge in [-0.1, -0.05) is 60.3 Å². The van der Waals surface area contributed by atoms with Gasteiger partial charge in [-0.3, -0.25) is 0 Å². The summed E-state index contributed by atoms with van der Waals surface area (Å²) in [5.41, 5.74) is 0.839. The first-order valence-electron chi connectivity index (χ1n) is 7.94. The molecule has 2 aliphatic rings. The summed E-state index contributed by atoms with van der Waals surface area (Å²) in [6.45, 7) is 4.62. The van der Waals surface area contributed by atoms with Crippen molar-refractivity contribution >= 4 is 45.8 Å². The van der Waals surface area contributed by atoms with E-state index in [1.54, 1.807) is 0 Å². The molecule has 5 heteroatoms. The van der Waals surface area contributed by atoms with Gasteiger partial charge in [-0.2, -0.15) is 0 Å². The smallest absolute Gasteiger partial charge is 0.165 e. The lowest BCUT2D eigenvalue weighted by Gasteiger charge is -2.41. The standard InChI is InChI=1S/C17H22Cl2N2S/c1-17(2)11-22-16(21(17)12-7-4-3-5-8-12)20-15-13(18)9-6-10-14(15)19/h6,9-10,12H,3-5,7-8,11H2,1-2H3/b20-16-. The normalized spacial score (nSPS) is 24.2. The summed E-state index contributed by atoms with van der Waals surface area (Å²) < 4.78 is 0. The molecule has 120 valence electrons. The lowest BCUT2D eigenvalue weighted by Crippen LogP contribution is -2.49. The summed E-state index contributed by atoms with van der Waals surface area (Å²) in [6.07, 6.45) is 6.53.